The Morgan fingerprint density at radius 1 is 1.00 bits per heavy atom. The number of hydrogen-bond acceptors (Lipinski definition) is 8. The summed E-state index contributed by atoms with van der Waals surface area (Å²) >= 11 is 5.97. The van der Waals surface area contributed by atoms with E-state index in [2.05, 4.69) is 36.6 Å². The fourth-order valence-electron chi connectivity index (χ4n) is 5.46. The molecule has 1 atom stereocenters. The van der Waals surface area contributed by atoms with Gasteiger partial charge < -0.3 is 26.6 Å². The highest BCUT2D eigenvalue weighted by atomic mass is 35.5. The Hall–Kier alpha value is -3.44. The molecule has 1 saturated heterocycles. The molecule has 1 aliphatic heterocycles. The highest BCUT2D eigenvalue weighted by Crippen LogP contribution is 2.30. The molecule has 0 unspecified atom stereocenters. The first kappa shape index (κ1) is 25.8. The summed E-state index contributed by atoms with van der Waals surface area (Å²) in [6.07, 6.45) is 11.8. The number of hydrogen-bond donors (Lipinski definition) is 5. The molecule has 0 radical (unpaired) electrons. The van der Waals surface area contributed by atoms with Crippen LogP contribution in [0.1, 0.15) is 68.3 Å². The van der Waals surface area contributed by atoms with Crippen molar-refractivity contribution < 1.29 is 9.59 Å². The quantitative estimate of drug-likeness (QED) is 0.254. The van der Waals surface area contributed by atoms with Crippen molar-refractivity contribution in [1.29, 1.82) is 0 Å². The van der Waals surface area contributed by atoms with E-state index in [1.807, 2.05) is 6.07 Å². The molecule has 0 bridgehead atoms. The molecule has 11 nitrogen and oxygen atoms in total. The number of nitrogens with one attached hydrogen (secondary N) is 5. The summed E-state index contributed by atoms with van der Waals surface area (Å²) in [4.78, 5) is 34.0. The van der Waals surface area contributed by atoms with Gasteiger partial charge in [0.1, 0.15) is 11.0 Å². The average Bonchev–Trinajstić information content (AvgIpc) is 3.38. The van der Waals surface area contributed by atoms with E-state index in [1.165, 1.54) is 12.4 Å². The van der Waals surface area contributed by atoms with Crippen LogP contribution in [0.3, 0.4) is 0 Å². The number of fused-ring (bicyclic) bond motifs is 1. The summed E-state index contributed by atoms with van der Waals surface area (Å²) in [5.41, 5.74) is 2.32. The van der Waals surface area contributed by atoms with E-state index in [1.54, 1.807) is 16.6 Å². The lowest BCUT2D eigenvalue weighted by Crippen LogP contribution is -2.42. The second-order valence-electron chi connectivity index (χ2n) is 10.8. The summed E-state index contributed by atoms with van der Waals surface area (Å²) in [6.45, 7) is 1.01. The molecular formula is C27H34ClN9O2. The van der Waals surface area contributed by atoms with Gasteiger partial charge in [0.2, 0.25) is 5.91 Å². The topological polar surface area (TPSA) is 137 Å². The largest absolute Gasteiger partial charge is 0.379 e. The molecule has 206 valence electrons. The number of imidazole rings is 1. The van der Waals surface area contributed by atoms with Gasteiger partial charge in [-0.25, -0.2) is 14.5 Å². The van der Waals surface area contributed by atoms with E-state index in [4.69, 9.17) is 16.7 Å². The molecular weight excluding hydrogens is 518 g/mol. The van der Waals surface area contributed by atoms with Crippen molar-refractivity contribution >= 4 is 46.3 Å². The zero-order valence-corrected chi connectivity index (χ0v) is 22.5. The van der Waals surface area contributed by atoms with Crippen LogP contribution in [0.4, 0.5) is 17.2 Å². The fourth-order valence-corrected chi connectivity index (χ4v) is 5.63. The Labute approximate surface area is 231 Å². The maximum Gasteiger partial charge on any atom is 0.276 e. The molecule has 0 spiro atoms. The second-order valence-corrected chi connectivity index (χ2v) is 11.2. The van der Waals surface area contributed by atoms with Gasteiger partial charge >= 0.3 is 0 Å². The van der Waals surface area contributed by atoms with Crippen molar-refractivity contribution in [3.8, 4) is 0 Å². The fraction of sp³-hybridized carbons (Fsp3) is 0.519. The number of amides is 2. The zero-order chi connectivity index (χ0) is 26.8. The Morgan fingerprint density at radius 2 is 1.77 bits per heavy atom. The van der Waals surface area contributed by atoms with Gasteiger partial charge in [0.05, 0.1) is 11.9 Å². The van der Waals surface area contributed by atoms with Crippen LogP contribution in [-0.2, 0) is 4.79 Å². The number of halogens is 1. The molecule has 5 N–H and O–H groups in total. The van der Waals surface area contributed by atoms with Gasteiger partial charge in [-0.15, -0.1) is 5.10 Å². The number of carbonyl (C=O) groups excluding carboxylic acids is 2. The summed E-state index contributed by atoms with van der Waals surface area (Å²) < 4.78 is 1.59. The van der Waals surface area contributed by atoms with Crippen molar-refractivity contribution in [3.05, 3.63) is 41.4 Å². The van der Waals surface area contributed by atoms with Crippen LogP contribution >= 0.6 is 11.6 Å². The molecule has 2 saturated carbocycles. The number of nitrogens with zero attached hydrogens (tertiary/aromatic N) is 4. The lowest BCUT2D eigenvalue weighted by Gasteiger charge is -2.30. The highest BCUT2D eigenvalue weighted by Gasteiger charge is 2.27. The maximum absolute atomic E-state index is 13.1. The molecule has 39 heavy (non-hydrogen) atoms. The van der Waals surface area contributed by atoms with Crippen molar-refractivity contribution in [3.63, 3.8) is 0 Å². The summed E-state index contributed by atoms with van der Waals surface area (Å²) in [5, 5.41) is 21.6. The van der Waals surface area contributed by atoms with E-state index < -0.39 is 0 Å². The van der Waals surface area contributed by atoms with Crippen molar-refractivity contribution in [2.75, 3.05) is 22.5 Å². The van der Waals surface area contributed by atoms with E-state index in [9.17, 15) is 9.59 Å². The molecule has 3 aromatic heterocycles. The van der Waals surface area contributed by atoms with Gasteiger partial charge in [-0.3, -0.25) is 9.59 Å². The molecule has 3 aliphatic rings. The molecule has 12 heteroatoms. The minimum Gasteiger partial charge on any atom is -0.379 e. The van der Waals surface area contributed by atoms with Gasteiger partial charge in [0.25, 0.3) is 5.91 Å². The van der Waals surface area contributed by atoms with Crippen LogP contribution < -0.4 is 26.6 Å². The molecule has 2 aliphatic carbocycles. The van der Waals surface area contributed by atoms with Gasteiger partial charge in [-0.2, -0.15) is 0 Å². The van der Waals surface area contributed by atoms with Gasteiger partial charge in [-0.05, 0) is 70.0 Å². The van der Waals surface area contributed by atoms with E-state index >= 15 is 0 Å². The summed E-state index contributed by atoms with van der Waals surface area (Å²) in [7, 11) is 0. The lowest BCUT2D eigenvalue weighted by molar-refractivity contribution is -0.122. The first-order chi connectivity index (χ1) is 19.0. The normalized spacial score (nSPS) is 22.9. The van der Waals surface area contributed by atoms with Crippen LogP contribution in [0.25, 0.3) is 5.65 Å². The van der Waals surface area contributed by atoms with E-state index in [0.717, 1.165) is 63.6 Å². The first-order valence-electron chi connectivity index (χ1n) is 13.9. The number of pyridine rings is 1. The Morgan fingerprint density at radius 3 is 2.51 bits per heavy atom. The van der Waals surface area contributed by atoms with E-state index in [0.29, 0.717) is 46.5 Å². The van der Waals surface area contributed by atoms with Gasteiger partial charge in [-0.1, -0.05) is 11.6 Å². The van der Waals surface area contributed by atoms with Crippen LogP contribution in [0.15, 0.2) is 30.6 Å². The van der Waals surface area contributed by atoms with Crippen LogP contribution in [0, 0.1) is 0 Å². The van der Waals surface area contributed by atoms with E-state index in [-0.39, 0.29) is 23.9 Å². The SMILES string of the molecule is O=C(C[C@@H]1CCCN1)N[C@H]1CC[C@H](Nc2cc(NC3CC3)c3ncc(C(=O)Nc4ccnc(Cl)c4)n3n2)CC1. The minimum absolute atomic E-state index is 0.147. The average molecular weight is 552 g/mol. The minimum atomic E-state index is -0.337. The molecule has 3 aromatic rings. The third-order valence-electron chi connectivity index (χ3n) is 7.66. The number of rotatable bonds is 9. The lowest BCUT2D eigenvalue weighted by atomic mass is 9.91. The monoisotopic (exact) mass is 551 g/mol. The second kappa shape index (κ2) is 11.4. The predicted molar refractivity (Wildman–Crippen MR) is 150 cm³/mol. The maximum atomic E-state index is 13.1. The smallest absolute Gasteiger partial charge is 0.276 e. The molecule has 3 fully saturated rings. The standard InChI is InChI=1S/C27H34ClN9O2/c28-23-12-20(9-11-30-23)35-27(39)22-15-31-26-21(32-16-3-4-16)14-24(36-37(22)26)33-17-5-7-18(8-6-17)34-25(38)13-19-2-1-10-29-19/h9,11-12,14-19,29,32H,1-8,10,13H2,(H,33,36)(H,34,38)(H,30,35,39)/t17-,18-,19-/m0/s1. The summed E-state index contributed by atoms with van der Waals surface area (Å²) in [5.74, 6) is 0.494. The predicted octanol–water partition coefficient (Wildman–Crippen LogP) is 3.59. The van der Waals surface area contributed by atoms with Crippen LogP contribution in [0.5, 0.6) is 0 Å². The van der Waals surface area contributed by atoms with Gasteiger partial charge in [0.15, 0.2) is 11.3 Å². The van der Waals surface area contributed by atoms with Gasteiger partial charge in [0, 0.05) is 48.5 Å². The third-order valence-corrected chi connectivity index (χ3v) is 7.87. The molecule has 0 aromatic carbocycles. The number of anilines is 3. The molecule has 4 heterocycles. The zero-order valence-electron chi connectivity index (χ0n) is 21.8. The highest BCUT2D eigenvalue weighted by molar-refractivity contribution is 6.29. The van der Waals surface area contributed by atoms with Crippen LogP contribution in [-0.4, -0.2) is 62.1 Å². The molecule has 2 amide bonds. The van der Waals surface area contributed by atoms with Crippen LogP contribution in [0.2, 0.25) is 5.15 Å². The Bertz CT molecular complexity index is 1340. The van der Waals surface area contributed by atoms with Crippen molar-refractivity contribution in [2.45, 2.75) is 82.0 Å². The third kappa shape index (κ3) is 6.42. The van der Waals surface area contributed by atoms with Crippen molar-refractivity contribution in [1.82, 2.24) is 30.2 Å². The number of aromatic nitrogens is 4. The Kier molecular flexibility index (Phi) is 7.51. The first-order valence-corrected chi connectivity index (χ1v) is 14.3. The van der Waals surface area contributed by atoms with Crippen molar-refractivity contribution in [2.24, 2.45) is 0 Å². The molecule has 6 rings (SSSR count). The Balaban J connectivity index is 1.13. The number of carbonyl (C=O) groups is 2. The summed E-state index contributed by atoms with van der Waals surface area (Å²) in [6, 6.07) is 6.42.